The third kappa shape index (κ3) is 4.59. The van der Waals surface area contributed by atoms with Crippen LogP contribution in [0.5, 0.6) is 0 Å². The second-order valence-corrected chi connectivity index (χ2v) is 4.59. The molecule has 0 fully saturated rings. The van der Waals surface area contributed by atoms with E-state index in [-0.39, 0.29) is 17.1 Å². The van der Waals surface area contributed by atoms with Crippen molar-refractivity contribution in [3.05, 3.63) is 40.6 Å². The average Bonchev–Trinajstić information content (AvgIpc) is 2.38. The predicted molar refractivity (Wildman–Crippen MR) is 73.9 cm³/mol. The summed E-state index contributed by atoms with van der Waals surface area (Å²) in [6.45, 7) is 4.08. The van der Waals surface area contributed by atoms with Crippen LogP contribution in [0.4, 0.5) is 11.5 Å². The molecular formula is C11H13N3O4S. The van der Waals surface area contributed by atoms with E-state index in [1.54, 1.807) is 17.8 Å². The van der Waals surface area contributed by atoms with Crippen LogP contribution in [0.2, 0.25) is 0 Å². The van der Waals surface area contributed by atoms with Gasteiger partial charge in [0.05, 0.1) is 10.5 Å². The van der Waals surface area contributed by atoms with E-state index in [9.17, 15) is 14.9 Å². The summed E-state index contributed by atoms with van der Waals surface area (Å²) in [5.74, 6) is 0.374. The van der Waals surface area contributed by atoms with Crippen LogP contribution in [-0.4, -0.2) is 39.0 Å². The van der Waals surface area contributed by atoms with Crippen molar-refractivity contribution in [1.82, 2.24) is 4.98 Å². The molecule has 0 unspecified atom stereocenters. The van der Waals surface area contributed by atoms with E-state index in [4.69, 9.17) is 5.11 Å². The zero-order valence-electron chi connectivity index (χ0n) is 10.0. The van der Waals surface area contributed by atoms with Gasteiger partial charge < -0.3 is 10.4 Å². The van der Waals surface area contributed by atoms with Crippen molar-refractivity contribution in [2.75, 3.05) is 23.4 Å². The Morgan fingerprint density at radius 2 is 2.42 bits per heavy atom. The number of aromatic nitrogens is 1. The normalized spacial score (nSPS) is 9.89. The van der Waals surface area contributed by atoms with Crippen LogP contribution in [-0.2, 0) is 0 Å². The molecule has 0 atom stereocenters. The van der Waals surface area contributed by atoms with E-state index in [2.05, 4.69) is 16.9 Å². The Labute approximate surface area is 113 Å². The minimum absolute atomic E-state index is 0.0780. The maximum atomic E-state index is 10.8. The Bertz CT molecular complexity index is 493. The van der Waals surface area contributed by atoms with Gasteiger partial charge in [0, 0.05) is 30.3 Å². The van der Waals surface area contributed by atoms with Crippen molar-refractivity contribution >= 4 is 29.2 Å². The number of anilines is 1. The fraction of sp³-hybridized carbons (Fsp3) is 0.273. The van der Waals surface area contributed by atoms with Crippen LogP contribution in [0.15, 0.2) is 24.9 Å². The molecule has 0 aliphatic carbocycles. The van der Waals surface area contributed by atoms with Crippen molar-refractivity contribution in [3.8, 4) is 0 Å². The number of rotatable bonds is 8. The summed E-state index contributed by atoms with van der Waals surface area (Å²) in [5.41, 5.74) is -0.549. The van der Waals surface area contributed by atoms with Crippen molar-refractivity contribution in [2.45, 2.75) is 0 Å². The molecule has 1 aromatic rings. The maximum Gasteiger partial charge on any atom is 0.337 e. The summed E-state index contributed by atoms with van der Waals surface area (Å²) < 4.78 is 0. The number of pyridine rings is 1. The molecule has 0 radical (unpaired) electrons. The Morgan fingerprint density at radius 3 is 3.00 bits per heavy atom. The van der Waals surface area contributed by atoms with Crippen LogP contribution < -0.4 is 5.32 Å². The first-order valence-electron chi connectivity index (χ1n) is 5.36. The minimum Gasteiger partial charge on any atom is -0.478 e. The number of carboxylic acid groups (broad SMARTS) is 1. The zero-order chi connectivity index (χ0) is 14.3. The van der Waals surface area contributed by atoms with E-state index in [1.807, 2.05) is 0 Å². The van der Waals surface area contributed by atoms with Crippen LogP contribution >= 0.6 is 11.8 Å². The lowest BCUT2D eigenvalue weighted by Crippen LogP contribution is -2.09. The first kappa shape index (κ1) is 15.0. The van der Waals surface area contributed by atoms with E-state index in [0.717, 1.165) is 23.8 Å². The number of nitro groups is 1. The summed E-state index contributed by atoms with van der Waals surface area (Å²) in [5, 5.41) is 22.4. The van der Waals surface area contributed by atoms with Crippen LogP contribution in [0, 0.1) is 10.1 Å². The molecule has 0 saturated carbocycles. The molecule has 0 bridgehead atoms. The Kier molecular flexibility index (Phi) is 5.80. The van der Waals surface area contributed by atoms with Gasteiger partial charge in [0.2, 0.25) is 5.82 Å². The molecule has 0 amide bonds. The van der Waals surface area contributed by atoms with E-state index in [0.29, 0.717) is 6.54 Å². The number of hydrogen-bond donors (Lipinski definition) is 2. The van der Waals surface area contributed by atoms with Gasteiger partial charge >= 0.3 is 11.7 Å². The highest BCUT2D eigenvalue weighted by Crippen LogP contribution is 2.22. The van der Waals surface area contributed by atoms with Crippen LogP contribution in [0.25, 0.3) is 0 Å². The zero-order valence-corrected chi connectivity index (χ0v) is 10.9. The summed E-state index contributed by atoms with van der Waals surface area (Å²) in [6, 6.07) is 0.995. The van der Waals surface area contributed by atoms with Crippen molar-refractivity contribution in [3.63, 3.8) is 0 Å². The van der Waals surface area contributed by atoms with Crippen LogP contribution in [0.3, 0.4) is 0 Å². The topological polar surface area (TPSA) is 105 Å². The largest absolute Gasteiger partial charge is 0.478 e. The van der Waals surface area contributed by atoms with Gasteiger partial charge in [-0.1, -0.05) is 6.08 Å². The van der Waals surface area contributed by atoms with Gasteiger partial charge in [-0.15, -0.1) is 6.58 Å². The highest BCUT2D eigenvalue weighted by molar-refractivity contribution is 7.99. The van der Waals surface area contributed by atoms with Crippen molar-refractivity contribution in [1.29, 1.82) is 0 Å². The van der Waals surface area contributed by atoms with Gasteiger partial charge in [0.1, 0.15) is 0 Å². The molecule has 0 aromatic carbocycles. The number of carboxylic acids is 1. The highest BCUT2D eigenvalue weighted by atomic mass is 32.2. The summed E-state index contributed by atoms with van der Waals surface area (Å²) in [7, 11) is 0. The molecule has 1 aromatic heterocycles. The Balaban J connectivity index is 2.74. The summed E-state index contributed by atoms with van der Waals surface area (Å²) in [6.07, 6.45) is 2.86. The number of nitrogens with zero attached hydrogens (tertiary/aromatic N) is 2. The second-order valence-electron chi connectivity index (χ2n) is 3.44. The molecule has 0 aliphatic rings. The molecule has 102 valence electrons. The van der Waals surface area contributed by atoms with Gasteiger partial charge in [0.15, 0.2) is 0 Å². The molecule has 1 heterocycles. The number of thioether (sulfide) groups is 1. The van der Waals surface area contributed by atoms with E-state index >= 15 is 0 Å². The summed E-state index contributed by atoms with van der Waals surface area (Å²) in [4.78, 5) is 24.7. The second kappa shape index (κ2) is 7.37. The molecule has 0 saturated heterocycles. The van der Waals surface area contributed by atoms with Gasteiger partial charge in [-0.25, -0.2) is 9.78 Å². The first-order valence-corrected chi connectivity index (χ1v) is 6.52. The van der Waals surface area contributed by atoms with E-state index < -0.39 is 10.9 Å². The summed E-state index contributed by atoms with van der Waals surface area (Å²) >= 11 is 1.62. The van der Waals surface area contributed by atoms with Gasteiger partial charge in [-0.2, -0.15) is 11.8 Å². The number of nitrogens with one attached hydrogen (secondary N) is 1. The molecule has 7 nitrogen and oxygen atoms in total. The lowest BCUT2D eigenvalue weighted by molar-refractivity contribution is -0.384. The molecule has 19 heavy (non-hydrogen) atoms. The third-order valence-electron chi connectivity index (χ3n) is 2.09. The van der Waals surface area contributed by atoms with Gasteiger partial charge in [-0.05, 0) is 0 Å². The Hall–Kier alpha value is -2.09. The van der Waals surface area contributed by atoms with Crippen molar-refractivity contribution < 1.29 is 14.8 Å². The lowest BCUT2D eigenvalue weighted by Gasteiger charge is -2.06. The molecular weight excluding hydrogens is 270 g/mol. The minimum atomic E-state index is -1.25. The SMILES string of the molecule is C=CCSCCNc1ncc(C(=O)O)cc1[N+](=O)[O-]. The smallest absolute Gasteiger partial charge is 0.337 e. The van der Waals surface area contributed by atoms with Crippen LogP contribution in [0.1, 0.15) is 10.4 Å². The number of carbonyl (C=O) groups is 1. The highest BCUT2D eigenvalue weighted by Gasteiger charge is 2.18. The fourth-order valence-electron chi connectivity index (χ4n) is 1.25. The number of hydrogen-bond acceptors (Lipinski definition) is 6. The quantitative estimate of drug-likeness (QED) is 0.325. The Morgan fingerprint density at radius 1 is 1.68 bits per heavy atom. The fourth-order valence-corrected chi connectivity index (χ4v) is 1.83. The molecule has 0 aliphatic heterocycles. The molecule has 2 N–H and O–H groups in total. The van der Waals surface area contributed by atoms with Gasteiger partial charge in [-0.3, -0.25) is 10.1 Å². The maximum absolute atomic E-state index is 10.8. The monoisotopic (exact) mass is 283 g/mol. The van der Waals surface area contributed by atoms with E-state index in [1.165, 1.54) is 0 Å². The third-order valence-corrected chi connectivity index (χ3v) is 3.05. The molecule has 8 heteroatoms. The van der Waals surface area contributed by atoms with Gasteiger partial charge in [0.25, 0.3) is 0 Å². The first-order chi connectivity index (χ1) is 9.06. The standard InChI is InChI=1S/C11H13N3O4S/c1-2-4-19-5-3-12-10-9(14(17)18)6-8(7-13-10)11(15)16/h2,6-7H,1,3-5H2,(H,12,13)(H,15,16). The molecule has 1 rings (SSSR count). The lowest BCUT2D eigenvalue weighted by atomic mass is 10.2. The molecule has 0 spiro atoms. The average molecular weight is 283 g/mol. The van der Waals surface area contributed by atoms with Crippen molar-refractivity contribution in [2.24, 2.45) is 0 Å². The predicted octanol–water partition coefficient (Wildman–Crippen LogP) is 2.02. The number of aromatic carboxylic acids is 1.